The van der Waals surface area contributed by atoms with Gasteiger partial charge in [0.1, 0.15) is 5.82 Å². The van der Waals surface area contributed by atoms with Gasteiger partial charge in [-0.2, -0.15) is 0 Å². The lowest BCUT2D eigenvalue weighted by Crippen LogP contribution is -2.27. The van der Waals surface area contributed by atoms with E-state index in [2.05, 4.69) is 20.7 Å². The highest BCUT2D eigenvalue weighted by molar-refractivity contribution is 7.13. The molecule has 34 heavy (non-hydrogen) atoms. The van der Waals surface area contributed by atoms with Crippen molar-refractivity contribution in [2.75, 3.05) is 5.32 Å². The van der Waals surface area contributed by atoms with Crippen LogP contribution in [0.3, 0.4) is 0 Å². The molecule has 2 aromatic heterocycles. The zero-order valence-corrected chi connectivity index (χ0v) is 19.2. The van der Waals surface area contributed by atoms with Crippen LogP contribution in [0.15, 0.2) is 66.0 Å². The van der Waals surface area contributed by atoms with E-state index in [9.17, 15) is 14.0 Å². The number of carbonyl (C=O) groups excluding carboxylic acids is 2. The van der Waals surface area contributed by atoms with Crippen LogP contribution in [-0.4, -0.2) is 26.6 Å². The Kier molecular flexibility index (Phi) is 5.93. The van der Waals surface area contributed by atoms with Gasteiger partial charge in [-0.1, -0.05) is 24.3 Å². The number of amides is 2. The Bertz CT molecular complexity index is 1330. The number of aromatic nitrogens is 3. The third-order valence-electron chi connectivity index (χ3n) is 5.58. The summed E-state index contributed by atoms with van der Waals surface area (Å²) in [4.78, 5) is 30.2. The van der Waals surface area contributed by atoms with Gasteiger partial charge in [0, 0.05) is 11.6 Å². The van der Waals surface area contributed by atoms with Crippen LogP contribution in [0.25, 0.3) is 16.4 Å². The molecule has 1 aliphatic rings. The maximum atomic E-state index is 13.8. The van der Waals surface area contributed by atoms with Crippen LogP contribution in [-0.2, 0) is 4.79 Å². The highest BCUT2D eigenvalue weighted by Gasteiger charge is 2.29. The van der Waals surface area contributed by atoms with Gasteiger partial charge < -0.3 is 10.6 Å². The molecular weight excluding hydrogens is 453 g/mol. The minimum atomic E-state index is -0.438. The molecule has 172 valence electrons. The fourth-order valence-corrected chi connectivity index (χ4v) is 4.25. The summed E-state index contributed by atoms with van der Waals surface area (Å²) in [5, 5.41) is 12.1. The van der Waals surface area contributed by atoms with Gasteiger partial charge in [0.15, 0.2) is 5.82 Å². The van der Waals surface area contributed by atoms with Crippen molar-refractivity contribution >= 4 is 28.8 Å². The topological polar surface area (TPSA) is 88.9 Å². The van der Waals surface area contributed by atoms with Crippen molar-refractivity contribution in [1.82, 2.24) is 20.1 Å². The lowest BCUT2D eigenvalue weighted by atomic mass is 10.1. The van der Waals surface area contributed by atoms with Gasteiger partial charge in [0.2, 0.25) is 11.7 Å². The Morgan fingerprint density at radius 3 is 2.59 bits per heavy atom. The van der Waals surface area contributed by atoms with Crippen LogP contribution in [0.1, 0.15) is 42.0 Å². The first-order chi connectivity index (χ1) is 16.5. The Balaban J connectivity index is 1.34. The molecule has 0 radical (unpaired) electrons. The average Bonchev–Trinajstić information content (AvgIpc) is 3.36. The van der Waals surface area contributed by atoms with Gasteiger partial charge in [0.25, 0.3) is 5.91 Å². The molecule has 2 N–H and O–H groups in total. The summed E-state index contributed by atoms with van der Waals surface area (Å²) in [7, 11) is 0. The smallest absolute Gasteiger partial charge is 0.291 e. The summed E-state index contributed by atoms with van der Waals surface area (Å²) in [6.45, 7) is 1.86. The van der Waals surface area contributed by atoms with E-state index in [0.29, 0.717) is 11.5 Å². The standard InChI is InChI=1S/C25H22FN5O2S/c1-15(16-9-11-19(12-10-16)28-24(32)17-7-8-17)27-25(33)22-29-23(21-6-3-13-34-21)31(30-22)20-5-2-4-18(26)14-20/h2-6,9-15,17H,7-8H2,1H3,(H,27,33)(H,28,32). The molecule has 1 aliphatic carbocycles. The van der Waals surface area contributed by atoms with Crippen LogP contribution in [0.2, 0.25) is 0 Å². The Hall–Kier alpha value is -3.85. The minimum Gasteiger partial charge on any atom is -0.343 e. The van der Waals surface area contributed by atoms with E-state index in [1.54, 1.807) is 12.1 Å². The van der Waals surface area contributed by atoms with E-state index in [1.807, 2.05) is 48.7 Å². The van der Waals surface area contributed by atoms with Crippen LogP contribution in [0.5, 0.6) is 0 Å². The quantitative estimate of drug-likeness (QED) is 0.395. The maximum Gasteiger partial charge on any atom is 0.291 e. The second-order valence-electron chi connectivity index (χ2n) is 8.21. The van der Waals surface area contributed by atoms with Gasteiger partial charge in [0.05, 0.1) is 16.6 Å². The Labute approximate surface area is 199 Å². The largest absolute Gasteiger partial charge is 0.343 e. The number of halogens is 1. The predicted molar refractivity (Wildman–Crippen MR) is 128 cm³/mol. The molecule has 1 fully saturated rings. The molecule has 2 amide bonds. The van der Waals surface area contributed by atoms with E-state index in [-0.39, 0.29) is 23.7 Å². The van der Waals surface area contributed by atoms with E-state index in [0.717, 1.165) is 29.0 Å². The molecule has 2 aromatic carbocycles. The second-order valence-corrected chi connectivity index (χ2v) is 9.16. The van der Waals surface area contributed by atoms with Crippen molar-refractivity contribution in [3.05, 3.63) is 83.2 Å². The van der Waals surface area contributed by atoms with Gasteiger partial charge in [-0.25, -0.2) is 14.1 Å². The summed E-state index contributed by atoms with van der Waals surface area (Å²) < 4.78 is 15.3. The third kappa shape index (κ3) is 4.74. The molecule has 0 bridgehead atoms. The van der Waals surface area contributed by atoms with Gasteiger partial charge in [-0.3, -0.25) is 9.59 Å². The van der Waals surface area contributed by atoms with E-state index in [4.69, 9.17) is 0 Å². The number of rotatable bonds is 7. The summed E-state index contributed by atoms with van der Waals surface area (Å²) in [6.07, 6.45) is 1.90. The van der Waals surface area contributed by atoms with Crippen molar-refractivity contribution in [1.29, 1.82) is 0 Å². The first kappa shape index (κ1) is 22.0. The van der Waals surface area contributed by atoms with E-state index < -0.39 is 11.7 Å². The van der Waals surface area contributed by atoms with Crippen molar-refractivity contribution in [2.45, 2.75) is 25.8 Å². The Morgan fingerprint density at radius 2 is 1.91 bits per heavy atom. The van der Waals surface area contributed by atoms with Crippen LogP contribution >= 0.6 is 11.3 Å². The summed E-state index contributed by atoms with van der Waals surface area (Å²) in [5.74, 6) is -0.192. The number of carbonyl (C=O) groups is 2. The minimum absolute atomic E-state index is 0.00664. The molecule has 4 aromatic rings. The molecule has 5 rings (SSSR count). The molecule has 2 heterocycles. The normalized spacial score (nSPS) is 13.9. The summed E-state index contributed by atoms with van der Waals surface area (Å²) in [5.41, 5.74) is 2.09. The first-order valence-electron chi connectivity index (χ1n) is 11.0. The fraction of sp³-hybridized carbons (Fsp3) is 0.200. The third-order valence-corrected chi connectivity index (χ3v) is 6.44. The monoisotopic (exact) mass is 475 g/mol. The van der Waals surface area contributed by atoms with Crippen LogP contribution in [0.4, 0.5) is 10.1 Å². The first-order valence-corrected chi connectivity index (χ1v) is 11.8. The molecule has 1 saturated carbocycles. The molecule has 0 aliphatic heterocycles. The van der Waals surface area contributed by atoms with Gasteiger partial charge in [-0.05, 0) is 67.1 Å². The molecule has 0 saturated heterocycles. The zero-order chi connectivity index (χ0) is 23.7. The number of nitrogens with one attached hydrogen (secondary N) is 2. The highest BCUT2D eigenvalue weighted by Crippen LogP contribution is 2.30. The summed E-state index contributed by atoms with van der Waals surface area (Å²) >= 11 is 1.46. The number of benzene rings is 2. The summed E-state index contributed by atoms with van der Waals surface area (Å²) in [6, 6.07) is 16.8. The van der Waals surface area contributed by atoms with Crippen LogP contribution in [0, 0.1) is 11.7 Å². The molecule has 7 nitrogen and oxygen atoms in total. The van der Waals surface area contributed by atoms with Crippen molar-refractivity contribution < 1.29 is 14.0 Å². The van der Waals surface area contributed by atoms with Crippen molar-refractivity contribution in [2.24, 2.45) is 5.92 Å². The number of thiophene rings is 1. The lowest BCUT2D eigenvalue weighted by Gasteiger charge is -2.14. The fourth-order valence-electron chi connectivity index (χ4n) is 3.55. The molecule has 1 unspecified atom stereocenters. The highest BCUT2D eigenvalue weighted by atomic mass is 32.1. The van der Waals surface area contributed by atoms with Crippen molar-refractivity contribution in [3.63, 3.8) is 0 Å². The van der Waals surface area contributed by atoms with E-state index in [1.165, 1.54) is 28.2 Å². The average molecular weight is 476 g/mol. The predicted octanol–water partition coefficient (Wildman–Crippen LogP) is 4.97. The second kappa shape index (κ2) is 9.18. The molecule has 9 heteroatoms. The number of nitrogens with zero attached hydrogens (tertiary/aromatic N) is 3. The maximum absolute atomic E-state index is 13.8. The van der Waals surface area contributed by atoms with E-state index >= 15 is 0 Å². The SMILES string of the molecule is CC(NC(=O)c1nc(-c2cccs2)n(-c2cccc(F)c2)n1)c1ccc(NC(=O)C2CC2)cc1. The number of hydrogen-bond acceptors (Lipinski definition) is 5. The molecule has 1 atom stereocenters. The van der Waals surface area contributed by atoms with Crippen LogP contribution < -0.4 is 10.6 Å². The number of anilines is 1. The lowest BCUT2D eigenvalue weighted by molar-refractivity contribution is -0.117. The zero-order valence-electron chi connectivity index (χ0n) is 18.4. The van der Waals surface area contributed by atoms with Gasteiger partial charge in [-0.15, -0.1) is 16.4 Å². The number of hydrogen-bond donors (Lipinski definition) is 2. The molecular formula is C25H22FN5O2S. The van der Waals surface area contributed by atoms with Crippen molar-refractivity contribution in [3.8, 4) is 16.4 Å². The van der Waals surface area contributed by atoms with Gasteiger partial charge >= 0.3 is 0 Å². The Morgan fingerprint density at radius 1 is 1.12 bits per heavy atom. The molecule has 0 spiro atoms.